The number of fused-ring (bicyclic) bond motifs is 1. The van der Waals surface area contributed by atoms with E-state index in [0.29, 0.717) is 24.0 Å². The minimum atomic E-state index is -0.175. The number of para-hydroxylation sites is 1. The van der Waals surface area contributed by atoms with Crippen molar-refractivity contribution < 1.29 is 4.79 Å². The minimum absolute atomic E-state index is 0.175. The number of nitrogens with one attached hydrogen (secondary N) is 1. The van der Waals surface area contributed by atoms with Gasteiger partial charge in [0.05, 0.1) is 17.9 Å². The molecule has 0 atom stereocenters. The summed E-state index contributed by atoms with van der Waals surface area (Å²) < 4.78 is 3.59. The molecule has 0 saturated heterocycles. The second kappa shape index (κ2) is 6.35. The number of nitrogens with zero attached hydrogens (tertiary/aromatic N) is 5. The van der Waals surface area contributed by atoms with E-state index in [-0.39, 0.29) is 5.91 Å². The second-order valence-corrected chi connectivity index (χ2v) is 6.70. The van der Waals surface area contributed by atoms with Crippen LogP contribution < -0.4 is 5.32 Å². The lowest BCUT2D eigenvalue weighted by molar-refractivity contribution is 0.0942. The maximum Gasteiger partial charge on any atom is 0.270 e. The monoisotopic (exact) mass is 358 g/mol. The molecule has 1 N–H and O–H groups in total. The van der Waals surface area contributed by atoms with Crippen LogP contribution in [0.25, 0.3) is 11.3 Å². The first kappa shape index (κ1) is 15.7. The van der Waals surface area contributed by atoms with Crippen molar-refractivity contribution in [2.75, 3.05) is 0 Å². The SMILES string of the molecule is O=C(NCc1nnc2ccccn12)c1cc(C2CC2)nn1-c1ccccc1. The van der Waals surface area contributed by atoms with Gasteiger partial charge in [0.15, 0.2) is 11.5 Å². The Morgan fingerprint density at radius 2 is 1.89 bits per heavy atom. The Bertz CT molecular complexity index is 1110. The van der Waals surface area contributed by atoms with Crippen LogP contribution in [0.2, 0.25) is 0 Å². The number of carbonyl (C=O) groups is 1. The van der Waals surface area contributed by atoms with Crippen molar-refractivity contribution in [3.05, 3.63) is 78.0 Å². The molecule has 0 bridgehead atoms. The third kappa shape index (κ3) is 2.97. The van der Waals surface area contributed by atoms with Gasteiger partial charge in [-0.2, -0.15) is 5.10 Å². The summed E-state index contributed by atoms with van der Waals surface area (Å²) in [5, 5.41) is 15.9. The maximum absolute atomic E-state index is 12.9. The number of hydrogen-bond donors (Lipinski definition) is 1. The predicted octanol–water partition coefficient (Wildman–Crippen LogP) is 2.72. The number of pyridine rings is 1. The largest absolute Gasteiger partial charge is 0.343 e. The summed E-state index contributed by atoms with van der Waals surface area (Å²) in [7, 11) is 0. The van der Waals surface area contributed by atoms with Crippen molar-refractivity contribution in [3.8, 4) is 5.69 Å². The fourth-order valence-electron chi connectivity index (χ4n) is 3.17. The molecule has 1 aliphatic carbocycles. The Morgan fingerprint density at radius 3 is 2.70 bits per heavy atom. The highest BCUT2D eigenvalue weighted by atomic mass is 16.2. The molecule has 0 radical (unpaired) electrons. The number of aromatic nitrogens is 5. The van der Waals surface area contributed by atoms with Crippen molar-refractivity contribution in [1.82, 2.24) is 29.7 Å². The molecule has 0 spiro atoms. The maximum atomic E-state index is 12.9. The van der Waals surface area contributed by atoms with Gasteiger partial charge in [-0.05, 0) is 43.2 Å². The first-order valence-corrected chi connectivity index (χ1v) is 9.02. The van der Waals surface area contributed by atoms with Crippen molar-refractivity contribution in [2.45, 2.75) is 25.3 Å². The molecule has 1 aliphatic rings. The molecule has 1 fully saturated rings. The summed E-state index contributed by atoms with van der Waals surface area (Å²) in [4.78, 5) is 12.9. The third-order valence-corrected chi connectivity index (χ3v) is 4.75. The number of carbonyl (C=O) groups excluding carboxylic acids is 1. The smallest absolute Gasteiger partial charge is 0.270 e. The quantitative estimate of drug-likeness (QED) is 0.595. The highest BCUT2D eigenvalue weighted by Gasteiger charge is 2.29. The Labute approximate surface area is 155 Å². The molecule has 1 saturated carbocycles. The molecule has 7 nitrogen and oxygen atoms in total. The summed E-state index contributed by atoms with van der Waals surface area (Å²) >= 11 is 0. The first-order chi connectivity index (χ1) is 13.3. The summed E-state index contributed by atoms with van der Waals surface area (Å²) in [6.45, 7) is 0.294. The van der Waals surface area contributed by atoms with E-state index < -0.39 is 0 Å². The fraction of sp³-hybridized carbons (Fsp3) is 0.200. The molecule has 4 aromatic rings. The average Bonchev–Trinajstić information content (AvgIpc) is 3.33. The van der Waals surface area contributed by atoms with Crippen LogP contribution in [0.5, 0.6) is 0 Å². The van der Waals surface area contributed by atoms with E-state index in [1.807, 2.05) is 65.2 Å². The van der Waals surface area contributed by atoms with E-state index in [9.17, 15) is 4.79 Å². The Morgan fingerprint density at radius 1 is 1.07 bits per heavy atom. The standard InChI is InChI=1S/C20H18N6O/c27-20(21-13-19-23-22-18-8-4-5-11-25(18)19)17-12-16(14-9-10-14)24-26(17)15-6-2-1-3-7-15/h1-8,11-12,14H,9-10,13H2,(H,21,27). The molecule has 3 aromatic heterocycles. The topological polar surface area (TPSA) is 77.1 Å². The fourth-order valence-corrected chi connectivity index (χ4v) is 3.17. The highest BCUT2D eigenvalue weighted by Crippen LogP contribution is 2.39. The molecule has 0 aliphatic heterocycles. The highest BCUT2D eigenvalue weighted by molar-refractivity contribution is 5.93. The predicted molar refractivity (Wildman–Crippen MR) is 99.7 cm³/mol. The van der Waals surface area contributed by atoms with E-state index in [2.05, 4.69) is 20.6 Å². The van der Waals surface area contributed by atoms with Gasteiger partial charge >= 0.3 is 0 Å². The Balaban J connectivity index is 1.42. The van der Waals surface area contributed by atoms with Crippen molar-refractivity contribution in [3.63, 3.8) is 0 Å². The van der Waals surface area contributed by atoms with Crippen LogP contribution in [-0.2, 0) is 6.54 Å². The normalized spacial score (nSPS) is 13.8. The van der Waals surface area contributed by atoms with Crippen LogP contribution in [0.1, 0.15) is 40.8 Å². The number of benzene rings is 1. The van der Waals surface area contributed by atoms with E-state index in [0.717, 1.165) is 29.9 Å². The molecular weight excluding hydrogens is 340 g/mol. The molecule has 7 heteroatoms. The van der Waals surface area contributed by atoms with E-state index in [4.69, 9.17) is 0 Å². The van der Waals surface area contributed by atoms with Crippen LogP contribution >= 0.6 is 0 Å². The minimum Gasteiger partial charge on any atom is -0.343 e. The molecule has 0 unspecified atom stereocenters. The van der Waals surface area contributed by atoms with Crippen LogP contribution in [0.3, 0.4) is 0 Å². The average molecular weight is 358 g/mol. The molecule has 5 rings (SSSR count). The Hall–Kier alpha value is -3.48. The third-order valence-electron chi connectivity index (χ3n) is 4.75. The van der Waals surface area contributed by atoms with Crippen molar-refractivity contribution >= 4 is 11.6 Å². The molecule has 27 heavy (non-hydrogen) atoms. The van der Waals surface area contributed by atoms with E-state index in [1.54, 1.807) is 4.68 Å². The Kier molecular flexibility index (Phi) is 3.71. The second-order valence-electron chi connectivity index (χ2n) is 6.70. The summed E-state index contributed by atoms with van der Waals surface area (Å²) in [5.74, 6) is 0.986. The lowest BCUT2D eigenvalue weighted by Crippen LogP contribution is -2.26. The van der Waals surface area contributed by atoms with Crippen LogP contribution in [0, 0.1) is 0 Å². The van der Waals surface area contributed by atoms with Gasteiger partial charge in [0.1, 0.15) is 5.69 Å². The lowest BCUT2D eigenvalue weighted by atomic mass is 10.2. The number of rotatable bonds is 5. The van der Waals surface area contributed by atoms with Gasteiger partial charge in [-0.3, -0.25) is 9.20 Å². The molecular formula is C20H18N6O. The zero-order chi connectivity index (χ0) is 18.2. The van der Waals surface area contributed by atoms with Gasteiger partial charge in [0.2, 0.25) is 0 Å². The van der Waals surface area contributed by atoms with Gasteiger partial charge < -0.3 is 5.32 Å². The molecule has 1 aromatic carbocycles. The van der Waals surface area contributed by atoms with Gasteiger partial charge in [-0.15, -0.1) is 10.2 Å². The first-order valence-electron chi connectivity index (χ1n) is 9.02. The lowest BCUT2D eigenvalue weighted by Gasteiger charge is -2.08. The number of amides is 1. The van der Waals surface area contributed by atoms with Crippen molar-refractivity contribution in [2.24, 2.45) is 0 Å². The molecule has 1 amide bonds. The van der Waals surface area contributed by atoms with Crippen LogP contribution in [0.15, 0.2) is 60.8 Å². The van der Waals surface area contributed by atoms with E-state index >= 15 is 0 Å². The van der Waals surface area contributed by atoms with Gasteiger partial charge in [-0.25, -0.2) is 4.68 Å². The number of hydrogen-bond acceptors (Lipinski definition) is 4. The van der Waals surface area contributed by atoms with Gasteiger partial charge in [-0.1, -0.05) is 24.3 Å². The summed E-state index contributed by atoms with van der Waals surface area (Å²) in [6.07, 6.45) is 4.16. The van der Waals surface area contributed by atoms with Gasteiger partial charge in [0, 0.05) is 12.1 Å². The summed E-state index contributed by atoms with van der Waals surface area (Å²) in [6, 6.07) is 17.3. The zero-order valence-electron chi connectivity index (χ0n) is 14.6. The molecule has 134 valence electrons. The zero-order valence-corrected chi connectivity index (χ0v) is 14.6. The van der Waals surface area contributed by atoms with Gasteiger partial charge in [0.25, 0.3) is 5.91 Å². The molecule has 3 heterocycles. The summed E-state index contributed by atoms with van der Waals surface area (Å²) in [5.41, 5.74) is 3.16. The van der Waals surface area contributed by atoms with E-state index in [1.165, 1.54) is 0 Å². The van der Waals surface area contributed by atoms with Crippen molar-refractivity contribution in [1.29, 1.82) is 0 Å². The van der Waals surface area contributed by atoms with Crippen LogP contribution in [-0.4, -0.2) is 30.3 Å². The van der Waals surface area contributed by atoms with Crippen LogP contribution in [0.4, 0.5) is 0 Å².